The van der Waals surface area contributed by atoms with E-state index in [-0.39, 0.29) is 1.43 Å². The van der Waals surface area contributed by atoms with Crippen LogP contribution in [-0.4, -0.2) is 15.2 Å². The molecule has 0 heterocycles. The van der Waals surface area contributed by atoms with Crippen LogP contribution in [0.3, 0.4) is 0 Å². The fourth-order valence-electron chi connectivity index (χ4n) is 1.93. The first-order chi connectivity index (χ1) is 4.86. The predicted octanol–water partition coefficient (Wildman–Crippen LogP) is 3.24. The molecular weight excluding hydrogens is 135 g/mol. The molecule has 0 atom stereocenters. The van der Waals surface area contributed by atoms with E-state index >= 15 is 0 Å². The summed E-state index contributed by atoms with van der Waals surface area (Å²) in [7, 11) is 0. The van der Waals surface area contributed by atoms with E-state index in [1.807, 2.05) is 0 Å². The van der Waals surface area contributed by atoms with Crippen LogP contribution in [0.15, 0.2) is 0 Å². The Morgan fingerprint density at radius 1 is 1.30 bits per heavy atom. The molecule has 0 bridgehead atoms. The summed E-state index contributed by atoms with van der Waals surface area (Å²) in [5.74, 6) is 3.50. The van der Waals surface area contributed by atoms with Crippen LogP contribution in [0, 0.1) is 5.92 Å². The third-order valence-electron chi connectivity index (χ3n) is 2.94. The Morgan fingerprint density at radius 3 is 2.30 bits per heavy atom. The summed E-state index contributed by atoms with van der Waals surface area (Å²) in [6.07, 6.45) is 7.57. The van der Waals surface area contributed by atoms with E-state index in [1.54, 1.807) is 12.8 Å². The van der Waals surface area contributed by atoms with Crippen LogP contribution in [0.5, 0.6) is 0 Å². The van der Waals surface area contributed by atoms with Crippen molar-refractivity contribution in [3.05, 3.63) is 0 Å². The summed E-state index contributed by atoms with van der Waals surface area (Å²) in [6.45, 7) is 2.34. The minimum Gasteiger partial charge on any atom is -1.00 e. The van der Waals surface area contributed by atoms with Gasteiger partial charge in [0.05, 0.1) is 0 Å². The van der Waals surface area contributed by atoms with Crippen molar-refractivity contribution in [1.29, 1.82) is 0 Å². The zero-order valence-corrected chi connectivity index (χ0v) is 8.42. The molecule has 0 saturated heterocycles. The van der Waals surface area contributed by atoms with Crippen molar-refractivity contribution in [2.24, 2.45) is 5.92 Å². The van der Waals surface area contributed by atoms with Crippen LogP contribution >= 0.6 is 0 Å². The van der Waals surface area contributed by atoms with Gasteiger partial charge in [-0.3, -0.25) is 0 Å². The summed E-state index contributed by atoms with van der Waals surface area (Å²) in [5.41, 5.74) is 0. The van der Waals surface area contributed by atoms with Crippen molar-refractivity contribution in [1.82, 2.24) is 0 Å². The summed E-state index contributed by atoms with van der Waals surface area (Å²) in [6, 6.07) is 0. The third-order valence-corrected chi connectivity index (χ3v) is 4.55. The molecule has 0 radical (unpaired) electrons. The average molecular weight is 154 g/mol. The molecule has 1 heteroatoms. The Hall–Kier alpha value is 0.532. The van der Waals surface area contributed by atoms with Gasteiger partial charge in [0, 0.05) is 0 Å². The molecule has 1 rings (SSSR count). The van der Waals surface area contributed by atoms with Crippen LogP contribution in [0.4, 0.5) is 0 Å². The molecule has 0 nitrogen and oxygen atoms in total. The van der Waals surface area contributed by atoms with Crippen molar-refractivity contribution in [2.75, 3.05) is 0 Å². The maximum atomic E-state index is 2.41. The van der Waals surface area contributed by atoms with Crippen molar-refractivity contribution in [3.8, 4) is 0 Å². The van der Waals surface area contributed by atoms with Crippen LogP contribution < -0.4 is 0 Å². The van der Waals surface area contributed by atoms with Gasteiger partial charge in [-0.25, -0.2) is 0 Å². The standard InChI is InChI=1S/C8H15.CH3.Al.H/c1-2-8-6-4-3-5-7-8;;;/h3,8H,2,4-7H2,1H3;1H3;;/q;;+1;-1. The molecule has 1 fully saturated rings. The molecule has 0 aromatic rings. The first kappa shape index (κ1) is 8.63. The smallest absolute Gasteiger partial charge is 1.00 e. The molecule has 58 valence electrons. The quantitative estimate of drug-likeness (QED) is 0.536. The molecule has 0 aromatic heterocycles. The van der Waals surface area contributed by atoms with E-state index in [1.165, 1.54) is 19.3 Å². The van der Waals surface area contributed by atoms with Crippen molar-refractivity contribution >= 4 is 15.2 Å². The summed E-state index contributed by atoms with van der Waals surface area (Å²) >= 11 is 0.768. The molecule has 0 amide bonds. The van der Waals surface area contributed by atoms with E-state index in [0.717, 1.165) is 25.9 Å². The van der Waals surface area contributed by atoms with E-state index in [2.05, 4.69) is 12.7 Å². The maximum Gasteiger partial charge on any atom is -1.00 e. The predicted molar refractivity (Wildman–Crippen MR) is 48.7 cm³/mol. The molecule has 0 unspecified atom stereocenters. The minimum absolute atomic E-state index is 0. The molecule has 10 heavy (non-hydrogen) atoms. The molecular formula is C9H19Al. The largest absolute Gasteiger partial charge is 1.00 e. The molecule has 0 N–H and O–H groups in total. The summed E-state index contributed by atoms with van der Waals surface area (Å²) in [5, 5.41) is 0. The number of rotatable bonds is 2. The van der Waals surface area contributed by atoms with Gasteiger partial charge in [0.25, 0.3) is 0 Å². The van der Waals surface area contributed by atoms with Gasteiger partial charge in [0.15, 0.2) is 0 Å². The van der Waals surface area contributed by atoms with Crippen molar-refractivity contribution in [3.63, 3.8) is 0 Å². The van der Waals surface area contributed by atoms with Gasteiger partial charge >= 0.3 is 70.7 Å². The fourth-order valence-corrected chi connectivity index (χ4v) is 2.98. The Morgan fingerprint density at radius 2 is 1.90 bits per heavy atom. The van der Waals surface area contributed by atoms with E-state index < -0.39 is 0 Å². The van der Waals surface area contributed by atoms with E-state index in [4.69, 9.17) is 0 Å². The molecule has 0 spiro atoms. The Labute approximate surface area is 72.6 Å². The molecule has 1 aliphatic rings. The van der Waals surface area contributed by atoms with Crippen LogP contribution in [0.1, 0.15) is 40.5 Å². The van der Waals surface area contributed by atoms with Crippen LogP contribution in [0.2, 0.25) is 10.6 Å². The minimum atomic E-state index is 0. The zero-order valence-electron chi connectivity index (χ0n) is 8.27. The Bertz CT molecular complexity index is 75.6. The Kier molecular flexibility index (Phi) is 3.81. The first-order valence-corrected chi connectivity index (χ1v) is 6.48. The van der Waals surface area contributed by atoms with Crippen molar-refractivity contribution in [2.45, 2.75) is 49.6 Å². The second-order valence-electron chi connectivity index (χ2n) is 3.52. The van der Waals surface area contributed by atoms with Gasteiger partial charge in [-0.05, 0) is 0 Å². The van der Waals surface area contributed by atoms with Crippen molar-refractivity contribution < 1.29 is 1.43 Å². The van der Waals surface area contributed by atoms with Gasteiger partial charge in [-0.1, -0.05) is 0 Å². The van der Waals surface area contributed by atoms with Crippen LogP contribution in [-0.2, 0) is 0 Å². The van der Waals surface area contributed by atoms with E-state index in [9.17, 15) is 0 Å². The van der Waals surface area contributed by atoms with E-state index in [0.29, 0.717) is 0 Å². The Balaban J connectivity index is 0.000001000. The summed E-state index contributed by atoms with van der Waals surface area (Å²) in [4.78, 5) is 0. The number of hydrogen-bond donors (Lipinski definition) is 0. The molecule has 0 aliphatic heterocycles. The number of hydrogen-bond acceptors (Lipinski definition) is 0. The monoisotopic (exact) mass is 154 g/mol. The van der Waals surface area contributed by atoms with Gasteiger partial charge < -0.3 is 1.43 Å². The normalized spacial score (nSPS) is 33.4. The van der Waals surface area contributed by atoms with Gasteiger partial charge in [0.2, 0.25) is 0 Å². The third kappa shape index (κ3) is 2.29. The van der Waals surface area contributed by atoms with Crippen LogP contribution in [0.25, 0.3) is 0 Å². The molecule has 1 aliphatic carbocycles. The fraction of sp³-hybridized carbons (Fsp3) is 1.00. The molecule has 1 saturated carbocycles. The topological polar surface area (TPSA) is 0 Å². The second-order valence-corrected chi connectivity index (χ2v) is 5.13. The summed E-state index contributed by atoms with van der Waals surface area (Å²) < 4.78 is 1.16. The average Bonchev–Trinajstić information content (AvgIpc) is 2.05. The van der Waals surface area contributed by atoms with Gasteiger partial charge in [-0.15, -0.1) is 0 Å². The maximum absolute atomic E-state index is 2.41. The van der Waals surface area contributed by atoms with Gasteiger partial charge in [0.1, 0.15) is 0 Å². The molecule has 0 aromatic carbocycles. The second kappa shape index (κ2) is 4.42. The SMILES string of the molecule is CCC1CC[CH]([Al+][CH3])CC1.[H-]. The van der Waals surface area contributed by atoms with Gasteiger partial charge in [-0.2, -0.15) is 0 Å². The first-order valence-electron chi connectivity index (χ1n) is 4.66. The zero-order chi connectivity index (χ0) is 7.40.